The van der Waals surface area contributed by atoms with Crippen molar-refractivity contribution in [2.45, 2.75) is 96.9 Å². The number of ether oxygens (including phenoxy) is 6. The van der Waals surface area contributed by atoms with E-state index in [-0.39, 0.29) is 51.6 Å². The van der Waals surface area contributed by atoms with Gasteiger partial charge in [-0.05, 0) is 95.1 Å². The van der Waals surface area contributed by atoms with E-state index in [4.69, 9.17) is 28.4 Å². The van der Waals surface area contributed by atoms with E-state index in [1.165, 1.54) is 0 Å². The number of aliphatic carboxylic acids is 1. The lowest BCUT2D eigenvalue weighted by Crippen LogP contribution is -2.51. The molecule has 0 heterocycles. The van der Waals surface area contributed by atoms with Crippen molar-refractivity contribution >= 4 is 47.7 Å². The number of alkyl carbamates (subject to hydrolysis) is 2. The van der Waals surface area contributed by atoms with E-state index in [9.17, 15) is 43.8 Å². The van der Waals surface area contributed by atoms with Crippen LogP contribution in [0.2, 0.25) is 0 Å². The number of aliphatic imine (C=N–C) groups is 1. The van der Waals surface area contributed by atoms with E-state index in [0.29, 0.717) is 44.7 Å². The normalized spacial score (nSPS) is 12.2. The first-order chi connectivity index (χ1) is 41.9. The van der Waals surface area contributed by atoms with Crippen molar-refractivity contribution in [2.75, 3.05) is 13.1 Å². The van der Waals surface area contributed by atoms with Crippen molar-refractivity contribution in [3.63, 3.8) is 0 Å². The van der Waals surface area contributed by atoms with Gasteiger partial charge in [-0.2, -0.15) is 4.99 Å². The highest BCUT2D eigenvalue weighted by molar-refractivity contribution is 6.40. The SMILES string of the molecule is CC(C)(C)OC(=O)/N=C(\C[C@@H](O)CNC(=O)OCc1ccccc1)C(=O)N[C@@H](Cc1cc(-c2ccc(OCc3ccccc3)c(C[C@H](NC(=O)OCc3ccccc3)C(=O)O)c2)ccc1OCc1ccccc1)C(=O)NCC(=O)OCc1ccccc1. The van der Waals surface area contributed by atoms with Gasteiger partial charge in [0.25, 0.3) is 5.91 Å². The van der Waals surface area contributed by atoms with Gasteiger partial charge in [0, 0.05) is 25.8 Å². The van der Waals surface area contributed by atoms with E-state index in [2.05, 4.69) is 26.3 Å². The fourth-order valence-electron chi connectivity index (χ4n) is 8.51. The molecule has 0 bridgehead atoms. The van der Waals surface area contributed by atoms with Crippen LogP contribution in [0.15, 0.2) is 193 Å². The number of carboxylic acids is 1. The minimum Gasteiger partial charge on any atom is -0.489 e. The van der Waals surface area contributed by atoms with Crippen LogP contribution in [0.25, 0.3) is 11.1 Å². The lowest BCUT2D eigenvalue weighted by Gasteiger charge is -2.22. The number of hydrogen-bond acceptors (Lipinski definition) is 14. The van der Waals surface area contributed by atoms with Gasteiger partial charge in [-0.1, -0.05) is 164 Å². The Kier molecular flexibility index (Phi) is 24.1. The molecule has 0 aliphatic rings. The van der Waals surface area contributed by atoms with Gasteiger partial charge in [-0.15, -0.1) is 0 Å². The highest BCUT2D eigenvalue weighted by Gasteiger charge is 2.30. The summed E-state index contributed by atoms with van der Waals surface area (Å²) < 4.78 is 34.2. The van der Waals surface area contributed by atoms with Crippen LogP contribution in [-0.2, 0) is 84.0 Å². The zero-order valence-electron chi connectivity index (χ0n) is 48.3. The van der Waals surface area contributed by atoms with Gasteiger partial charge in [0.1, 0.15) is 74.5 Å². The van der Waals surface area contributed by atoms with Crippen molar-refractivity contribution in [1.82, 2.24) is 21.3 Å². The molecule has 0 unspecified atom stereocenters. The zero-order chi connectivity index (χ0) is 62.0. The van der Waals surface area contributed by atoms with E-state index >= 15 is 0 Å². The Morgan fingerprint density at radius 1 is 0.506 bits per heavy atom. The minimum absolute atomic E-state index is 0.0649. The summed E-state index contributed by atoms with van der Waals surface area (Å²) in [4.78, 5) is 98.2. The molecule has 7 aromatic rings. The number of amides is 5. The predicted molar refractivity (Wildman–Crippen MR) is 322 cm³/mol. The number of carbonyl (C=O) groups excluding carboxylic acids is 6. The van der Waals surface area contributed by atoms with Crippen molar-refractivity contribution in [3.8, 4) is 22.6 Å². The van der Waals surface area contributed by atoms with Crippen LogP contribution in [0, 0.1) is 0 Å². The predicted octanol–water partition coefficient (Wildman–Crippen LogP) is 9.37. The molecule has 3 atom stereocenters. The summed E-state index contributed by atoms with van der Waals surface area (Å²) in [6, 6.07) is 52.5. The van der Waals surface area contributed by atoms with Crippen LogP contribution in [0.4, 0.5) is 14.4 Å². The van der Waals surface area contributed by atoms with Crippen molar-refractivity contribution in [2.24, 2.45) is 4.99 Å². The molecule has 20 nitrogen and oxygen atoms in total. The number of esters is 1. The van der Waals surface area contributed by atoms with Crippen LogP contribution in [0.1, 0.15) is 66.1 Å². The first kappa shape index (κ1) is 64.2. The summed E-state index contributed by atoms with van der Waals surface area (Å²) in [7, 11) is 0. The standard InChI is InChI=1S/C67H69N5O15/c1-67(2,3)87-66(81)71-56(37-54(73)38-69-64(79)85-43-48-25-15-7-16-26-48)62(76)70-55(61(75)68-39-60(74)84-42-47-23-13-6-14-24-47)35-52-33-50(29-31-58(52)82-40-45-19-9-4-10-20-45)51-30-32-59(83-41-46-21-11-5-12-22-46)53(34-51)36-57(63(77)78)72-65(80)86-44-49-27-17-8-18-28-49/h4-34,54-55,57,73H,35-44H2,1-3H3,(H,68,75)(H,69,79)(H,70,76)(H,72,80)(H,77,78)/b71-56+/t54-,55+,57+/m1/s1. The Hall–Kier alpha value is -10.3. The van der Waals surface area contributed by atoms with Gasteiger partial charge in [-0.25, -0.2) is 19.2 Å². The monoisotopic (exact) mass is 1180 g/mol. The lowest BCUT2D eigenvalue weighted by atomic mass is 9.95. The number of carboxylic acid groups (broad SMARTS) is 1. The Bertz CT molecular complexity index is 3440. The number of hydrogen-bond donors (Lipinski definition) is 6. The summed E-state index contributed by atoms with van der Waals surface area (Å²) in [6.07, 6.45) is -5.77. The molecule has 0 aliphatic carbocycles. The van der Waals surface area contributed by atoms with E-state index in [1.807, 2.05) is 72.8 Å². The van der Waals surface area contributed by atoms with Gasteiger partial charge in [0.15, 0.2) is 0 Å². The zero-order valence-corrected chi connectivity index (χ0v) is 48.3. The summed E-state index contributed by atoms with van der Waals surface area (Å²) in [5.74, 6) is -3.52. The molecule has 7 aromatic carbocycles. The summed E-state index contributed by atoms with van der Waals surface area (Å²) in [5.41, 5.74) is 3.90. The van der Waals surface area contributed by atoms with Crippen molar-refractivity contribution < 1.29 is 72.2 Å². The molecule has 5 amide bonds. The Morgan fingerprint density at radius 2 is 0.931 bits per heavy atom. The molecule has 0 saturated heterocycles. The molecule has 0 spiro atoms. The highest BCUT2D eigenvalue weighted by Crippen LogP contribution is 2.33. The molecule has 0 fully saturated rings. The lowest BCUT2D eigenvalue weighted by molar-refractivity contribution is -0.145. The number of carbonyl (C=O) groups is 7. The Balaban J connectivity index is 1.22. The first-order valence-electron chi connectivity index (χ1n) is 27.9. The maximum atomic E-state index is 14.6. The van der Waals surface area contributed by atoms with Crippen LogP contribution >= 0.6 is 0 Å². The second-order valence-electron chi connectivity index (χ2n) is 20.9. The van der Waals surface area contributed by atoms with E-state index in [1.54, 1.807) is 136 Å². The molecule has 7 rings (SSSR count). The van der Waals surface area contributed by atoms with Gasteiger partial charge >= 0.3 is 30.2 Å². The smallest absolute Gasteiger partial charge is 0.434 e. The number of aliphatic hydroxyl groups is 1. The molecule has 87 heavy (non-hydrogen) atoms. The third-order valence-electron chi connectivity index (χ3n) is 12.9. The van der Waals surface area contributed by atoms with Crippen LogP contribution < -0.4 is 30.7 Å². The Morgan fingerprint density at radius 3 is 1.38 bits per heavy atom. The quantitative estimate of drug-likeness (QED) is 0.0151. The average molecular weight is 1180 g/mol. The number of nitrogens with one attached hydrogen (secondary N) is 4. The third kappa shape index (κ3) is 22.3. The Labute approximate surface area is 503 Å². The molecular formula is C67H69N5O15. The van der Waals surface area contributed by atoms with Crippen molar-refractivity contribution in [1.29, 1.82) is 0 Å². The van der Waals surface area contributed by atoms with Crippen molar-refractivity contribution in [3.05, 3.63) is 227 Å². The summed E-state index contributed by atoms with van der Waals surface area (Å²) in [6.45, 7) is 3.62. The van der Waals surface area contributed by atoms with E-state index in [0.717, 1.165) is 11.1 Å². The second-order valence-corrected chi connectivity index (χ2v) is 20.9. The van der Waals surface area contributed by atoms with Gasteiger partial charge < -0.3 is 59.9 Å². The van der Waals surface area contributed by atoms with Crippen LogP contribution in [0.3, 0.4) is 0 Å². The van der Waals surface area contributed by atoms with Gasteiger partial charge in [0.2, 0.25) is 5.91 Å². The number of aliphatic hydroxyl groups excluding tert-OH is 1. The third-order valence-corrected chi connectivity index (χ3v) is 12.9. The molecule has 20 heteroatoms. The first-order valence-corrected chi connectivity index (χ1v) is 27.9. The maximum absolute atomic E-state index is 14.6. The van der Waals surface area contributed by atoms with Gasteiger partial charge in [0.05, 0.1) is 6.10 Å². The molecule has 0 saturated carbocycles. The van der Waals surface area contributed by atoms with Gasteiger partial charge in [-0.3, -0.25) is 14.4 Å². The largest absolute Gasteiger partial charge is 0.489 e. The molecule has 0 aliphatic heterocycles. The number of rotatable bonds is 28. The molecular weight excluding hydrogens is 1110 g/mol. The maximum Gasteiger partial charge on any atom is 0.434 e. The summed E-state index contributed by atoms with van der Waals surface area (Å²) in [5, 5.41) is 31.8. The molecule has 0 aromatic heterocycles. The fourth-order valence-corrected chi connectivity index (χ4v) is 8.51. The minimum atomic E-state index is -1.57. The topological polar surface area (TPSA) is 276 Å². The van der Waals surface area contributed by atoms with Crippen LogP contribution in [0.5, 0.6) is 11.5 Å². The number of benzene rings is 7. The second kappa shape index (κ2) is 32.6. The summed E-state index contributed by atoms with van der Waals surface area (Å²) >= 11 is 0. The van der Waals surface area contributed by atoms with Crippen LogP contribution in [-0.4, -0.2) is 94.8 Å². The highest BCUT2D eigenvalue weighted by atomic mass is 16.6. The average Bonchev–Trinajstić information content (AvgIpc) is 3.51. The van der Waals surface area contributed by atoms with E-state index < -0.39 is 91.0 Å². The molecule has 0 radical (unpaired) electrons. The molecule has 6 N–H and O–H groups in total. The molecule has 452 valence electrons. The number of nitrogens with zero attached hydrogens (tertiary/aromatic N) is 1. The fraction of sp³-hybridized carbons (Fsp3) is 0.254.